The fraction of sp³-hybridized carbons (Fsp3) is 0. The molecule has 1 aromatic heterocycles. The normalized spacial score (nSPS) is 10.3. The molecule has 0 saturated heterocycles. The number of nitrogens with zero attached hydrogens (tertiary/aromatic N) is 3. The lowest BCUT2D eigenvalue weighted by molar-refractivity contribution is -0.384. The van der Waals surface area contributed by atoms with Crippen LogP contribution in [0.4, 0.5) is 5.69 Å². The molecule has 2 rings (SSSR count). The molecule has 1 heterocycles. The zero-order chi connectivity index (χ0) is 14.0. The van der Waals surface area contributed by atoms with E-state index in [1.54, 1.807) is 0 Å². The summed E-state index contributed by atoms with van der Waals surface area (Å²) in [6, 6.07) is 3.84. The summed E-state index contributed by atoms with van der Waals surface area (Å²) in [5, 5.41) is 11.1. The van der Waals surface area contributed by atoms with Crippen molar-refractivity contribution in [2.24, 2.45) is 0 Å². The van der Waals surface area contributed by atoms with Crippen molar-refractivity contribution < 1.29 is 9.66 Å². The van der Waals surface area contributed by atoms with Crippen LogP contribution >= 0.6 is 39.1 Å². The van der Waals surface area contributed by atoms with E-state index in [1.165, 1.54) is 24.5 Å². The van der Waals surface area contributed by atoms with E-state index in [2.05, 4.69) is 25.9 Å². The molecule has 0 aliphatic rings. The second-order valence-corrected chi connectivity index (χ2v) is 4.82. The first-order valence-electron chi connectivity index (χ1n) is 4.77. The van der Waals surface area contributed by atoms with Gasteiger partial charge in [0.25, 0.3) is 5.69 Å². The van der Waals surface area contributed by atoms with Gasteiger partial charge >= 0.3 is 0 Å². The average molecular weight is 365 g/mol. The Morgan fingerprint density at radius 2 is 2.05 bits per heavy atom. The number of rotatable bonds is 3. The van der Waals surface area contributed by atoms with Crippen LogP contribution in [0.2, 0.25) is 10.2 Å². The van der Waals surface area contributed by atoms with Gasteiger partial charge in [0.15, 0.2) is 10.9 Å². The number of nitro groups is 1. The molecule has 1 aromatic carbocycles. The molecule has 0 bridgehead atoms. The van der Waals surface area contributed by atoms with Crippen molar-refractivity contribution in [3.8, 4) is 11.6 Å². The fourth-order valence-electron chi connectivity index (χ4n) is 1.19. The Labute approximate surface area is 125 Å². The van der Waals surface area contributed by atoms with Crippen molar-refractivity contribution in [3.05, 3.63) is 49.3 Å². The molecular formula is C10H4BrCl2N3O3. The summed E-state index contributed by atoms with van der Waals surface area (Å²) in [7, 11) is 0. The summed E-state index contributed by atoms with van der Waals surface area (Å²) in [5.41, 5.74) is -0.143. The highest BCUT2D eigenvalue weighted by molar-refractivity contribution is 9.10. The maximum Gasteiger partial charge on any atom is 0.273 e. The van der Waals surface area contributed by atoms with Crippen molar-refractivity contribution in [2.45, 2.75) is 0 Å². The molecule has 2 aromatic rings. The number of non-ortho nitro benzene ring substituents is 1. The molecular weight excluding hydrogens is 361 g/mol. The van der Waals surface area contributed by atoms with Gasteiger partial charge in [-0.15, -0.1) is 0 Å². The van der Waals surface area contributed by atoms with E-state index in [0.717, 1.165) is 0 Å². The number of halogens is 3. The molecule has 0 saturated carbocycles. The van der Waals surface area contributed by atoms with Crippen LogP contribution in [-0.2, 0) is 0 Å². The van der Waals surface area contributed by atoms with Gasteiger partial charge in [-0.2, -0.15) is 0 Å². The van der Waals surface area contributed by atoms with E-state index < -0.39 is 4.92 Å². The summed E-state index contributed by atoms with van der Waals surface area (Å²) in [6.07, 6.45) is 1.20. The van der Waals surface area contributed by atoms with Gasteiger partial charge in [0.1, 0.15) is 10.8 Å². The summed E-state index contributed by atoms with van der Waals surface area (Å²) in [5.74, 6) is 0.216. The molecule has 6 nitrogen and oxygen atoms in total. The minimum Gasteiger partial charge on any atom is -0.436 e. The first-order chi connectivity index (χ1) is 8.99. The molecule has 0 aliphatic heterocycles. The van der Waals surface area contributed by atoms with Crippen LogP contribution in [0.25, 0.3) is 0 Å². The van der Waals surface area contributed by atoms with Gasteiger partial charge in [0, 0.05) is 6.07 Å². The smallest absolute Gasteiger partial charge is 0.273 e. The first-order valence-corrected chi connectivity index (χ1v) is 6.31. The number of hydrogen-bond donors (Lipinski definition) is 0. The van der Waals surface area contributed by atoms with E-state index in [9.17, 15) is 10.1 Å². The number of aromatic nitrogens is 2. The molecule has 0 spiro atoms. The van der Waals surface area contributed by atoms with Crippen molar-refractivity contribution in [3.63, 3.8) is 0 Å². The van der Waals surface area contributed by atoms with Crippen LogP contribution in [0, 0.1) is 10.1 Å². The van der Waals surface area contributed by atoms with Gasteiger partial charge in [0.05, 0.1) is 16.0 Å². The molecule has 0 N–H and O–H groups in total. The van der Waals surface area contributed by atoms with E-state index in [-0.39, 0.29) is 27.5 Å². The topological polar surface area (TPSA) is 78.2 Å². The highest BCUT2D eigenvalue weighted by Crippen LogP contribution is 2.36. The molecule has 19 heavy (non-hydrogen) atoms. The molecule has 0 amide bonds. The van der Waals surface area contributed by atoms with Gasteiger partial charge in [-0.05, 0) is 22.0 Å². The predicted molar refractivity (Wildman–Crippen MR) is 72.9 cm³/mol. The monoisotopic (exact) mass is 363 g/mol. The van der Waals surface area contributed by atoms with E-state index in [0.29, 0.717) is 4.47 Å². The molecule has 0 atom stereocenters. The molecule has 9 heteroatoms. The Kier molecular flexibility index (Phi) is 4.18. The molecule has 0 radical (unpaired) electrons. The molecule has 0 fully saturated rings. The fourth-order valence-corrected chi connectivity index (χ4v) is 1.76. The first kappa shape index (κ1) is 14.0. The van der Waals surface area contributed by atoms with Crippen LogP contribution in [0.1, 0.15) is 0 Å². The minimum atomic E-state index is -0.550. The van der Waals surface area contributed by atoms with Gasteiger partial charge in [-0.1, -0.05) is 23.2 Å². The number of nitro benzene ring substituents is 1. The molecule has 0 unspecified atom stereocenters. The lowest BCUT2D eigenvalue weighted by atomic mass is 10.3. The van der Waals surface area contributed by atoms with Crippen LogP contribution in [0.15, 0.2) is 29.0 Å². The number of benzene rings is 1. The van der Waals surface area contributed by atoms with Crippen molar-refractivity contribution in [1.29, 1.82) is 0 Å². The number of hydrogen-bond acceptors (Lipinski definition) is 5. The Bertz CT molecular complexity index is 654. The predicted octanol–water partition coefficient (Wildman–Crippen LogP) is 4.25. The summed E-state index contributed by atoms with van der Waals surface area (Å²) in [6.45, 7) is 0. The van der Waals surface area contributed by atoms with Crippen LogP contribution < -0.4 is 4.74 Å². The zero-order valence-corrected chi connectivity index (χ0v) is 12.1. The lowest BCUT2D eigenvalue weighted by Gasteiger charge is -2.08. The van der Waals surface area contributed by atoms with Crippen molar-refractivity contribution in [1.82, 2.24) is 9.97 Å². The van der Waals surface area contributed by atoms with E-state index >= 15 is 0 Å². The summed E-state index contributed by atoms with van der Waals surface area (Å²) >= 11 is 14.8. The summed E-state index contributed by atoms with van der Waals surface area (Å²) in [4.78, 5) is 17.7. The second-order valence-electron chi connectivity index (χ2n) is 3.26. The average Bonchev–Trinajstić information content (AvgIpc) is 2.37. The van der Waals surface area contributed by atoms with Gasteiger partial charge in [-0.25, -0.2) is 9.97 Å². The van der Waals surface area contributed by atoms with Crippen molar-refractivity contribution in [2.75, 3.05) is 0 Å². The molecule has 0 aliphatic carbocycles. The summed E-state index contributed by atoms with van der Waals surface area (Å²) < 4.78 is 5.73. The lowest BCUT2D eigenvalue weighted by Crippen LogP contribution is -1.94. The molecule has 98 valence electrons. The third-order valence-corrected chi connectivity index (χ3v) is 3.59. The Morgan fingerprint density at radius 3 is 2.74 bits per heavy atom. The van der Waals surface area contributed by atoms with Gasteiger partial charge in [-0.3, -0.25) is 10.1 Å². The maximum atomic E-state index is 10.7. The Hall–Kier alpha value is -1.44. The Balaban J connectivity index is 2.40. The third kappa shape index (κ3) is 3.12. The Morgan fingerprint density at radius 1 is 1.32 bits per heavy atom. The zero-order valence-electron chi connectivity index (χ0n) is 9.01. The quantitative estimate of drug-likeness (QED) is 0.462. The minimum absolute atomic E-state index is 0.103. The second kappa shape index (κ2) is 5.68. The van der Waals surface area contributed by atoms with Gasteiger partial charge in [0.2, 0.25) is 5.88 Å². The highest BCUT2D eigenvalue weighted by atomic mass is 79.9. The van der Waals surface area contributed by atoms with Gasteiger partial charge < -0.3 is 4.74 Å². The highest BCUT2D eigenvalue weighted by Gasteiger charge is 2.15. The van der Waals surface area contributed by atoms with Crippen molar-refractivity contribution >= 4 is 44.8 Å². The van der Waals surface area contributed by atoms with Crippen LogP contribution in [0.5, 0.6) is 11.6 Å². The number of ether oxygens (including phenoxy) is 1. The van der Waals surface area contributed by atoms with Crippen LogP contribution in [0.3, 0.4) is 0 Å². The van der Waals surface area contributed by atoms with E-state index in [4.69, 9.17) is 27.9 Å². The van der Waals surface area contributed by atoms with Crippen LogP contribution in [-0.4, -0.2) is 14.9 Å². The standard InChI is InChI=1S/C10H4BrCl2N3O3/c11-8-9(13)14-4-15-10(8)19-7-3-5(16(17)18)1-2-6(7)12/h1-4H. The third-order valence-electron chi connectivity index (χ3n) is 2.05. The van der Waals surface area contributed by atoms with E-state index in [1.807, 2.05) is 0 Å². The SMILES string of the molecule is O=[N+]([O-])c1ccc(Cl)c(Oc2ncnc(Cl)c2Br)c1. The largest absolute Gasteiger partial charge is 0.436 e. The maximum absolute atomic E-state index is 10.7.